The second-order valence-electron chi connectivity index (χ2n) is 18.3. The standard InChI is InChI=1S/C28H30Br2NO2.C25H32NO.2BrH/c29-24-11-12-26(25(30)21-24)33-20-19-31-16-13-27(14-17-31,15-18-31)28(32,22-7-3-1-4-8-22)23-9-5-2-6-10-23;1-2-3-10-18-26-19-15-24(16-20-26,17-21-26)25(27,22-11-6-4-7-12-22)23-13-8-5-9-14-23;;/h1-12,21,32H,13-20H2;2,4-9,11-14,27H,1,3,10,15-21H2;2*1H/q2*+1;;/p-2. The third kappa shape index (κ3) is 9.40. The number of halogens is 4. The van der Waals surface area contributed by atoms with Gasteiger partial charge in [-0.2, -0.15) is 0 Å². The molecule has 2 N–H and O–H groups in total. The molecule has 5 nitrogen and oxygen atoms in total. The number of benzene rings is 5. The smallest absolute Gasteiger partial charge is 0.137 e. The number of hydrogen-bond acceptors (Lipinski definition) is 3. The maximum absolute atomic E-state index is 12.5. The summed E-state index contributed by atoms with van der Waals surface area (Å²) in [6.07, 6.45) is 10.8. The number of quaternary nitrogens is 2. The Labute approximate surface area is 408 Å². The van der Waals surface area contributed by atoms with Gasteiger partial charge in [-0.05, 0) is 62.8 Å². The van der Waals surface area contributed by atoms with E-state index in [-0.39, 0.29) is 44.8 Å². The van der Waals surface area contributed by atoms with E-state index in [9.17, 15) is 10.2 Å². The highest BCUT2D eigenvalue weighted by molar-refractivity contribution is 9.11. The van der Waals surface area contributed by atoms with Crippen molar-refractivity contribution in [3.8, 4) is 5.75 Å². The van der Waals surface area contributed by atoms with Crippen LogP contribution >= 0.6 is 31.9 Å². The van der Waals surface area contributed by atoms with Crippen LogP contribution in [0.1, 0.15) is 73.6 Å². The van der Waals surface area contributed by atoms with E-state index < -0.39 is 11.2 Å². The number of rotatable bonds is 14. The first kappa shape index (κ1) is 48.8. The number of allylic oxidation sites excluding steroid dienone is 1. The number of aliphatic hydroxyl groups is 2. The quantitative estimate of drug-likeness (QED) is 0.0889. The van der Waals surface area contributed by atoms with Crippen molar-refractivity contribution >= 4 is 31.9 Å². The van der Waals surface area contributed by atoms with Crippen LogP contribution in [0.3, 0.4) is 0 Å². The molecule has 9 heteroatoms. The summed E-state index contributed by atoms with van der Waals surface area (Å²) in [5.41, 5.74) is 2.05. The molecule has 11 rings (SSSR count). The van der Waals surface area contributed by atoms with E-state index >= 15 is 0 Å². The summed E-state index contributed by atoms with van der Waals surface area (Å²) in [4.78, 5) is 0. The van der Waals surface area contributed by atoms with Crippen LogP contribution < -0.4 is 38.7 Å². The fourth-order valence-corrected chi connectivity index (χ4v) is 12.8. The third-order valence-electron chi connectivity index (χ3n) is 15.4. The minimum absolute atomic E-state index is 0. The highest BCUT2D eigenvalue weighted by Crippen LogP contribution is 2.59. The molecule has 0 amide bonds. The average Bonchev–Trinajstić information content (AvgIpc) is 3.32. The zero-order valence-electron chi connectivity index (χ0n) is 35.8. The molecule has 0 unspecified atom stereocenters. The van der Waals surface area contributed by atoms with Gasteiger partial charge < -0.3 is 57.9 Å². The van der Waals surface area contributed by atoms with Gasteiger partial charge in [0.15, 0.2) is 0 Å². The van der Waals surface area contributed by atoms with Gasteiger partial charge in [0.25, 0.3) is 0 Å². The van der Waals surface area contributed by atoms with Gasteiger partial charge in [-0.3, -0.25) is 0 Å². The van der Waals surface area contributed by atoms with Crippen LogP contribution in [0, 0.1) is 10.8 Å². The van der Waals surface area contributed by atoms with Gasteiger partial charge in [0, 0.05) is 60.2 Å². The van der Waals surface area contributed by atoms with Crippen LogP contribution in [-0.2, 0) is 11.2 Å². The number of hydrogen-bond donors (Lipinski definition) is 2. The van der Waals surface area contributed by atoms with Crippen molar-refractivity contribution in [3.05, 3.63) is 183 Å². The average molecular weight is 1090 g/mol. The molecule has 6 aliphatic heterocycles. The summed E-state index contributed by atoms with van der Waals surface area (Å²) in [5.74, 6) is 0.891. The number of fused-ring (bicyclic) bond motifs is 6. The van der Waals surface area contributed by atoms with Gasteiger partial charge in [-0.15, -0.1) is 6.58 Å². The molecule has 5 aromatic carbocycles. The number of piperidine rings is 6. The van der Waals surface area contributed by atoms with Crippen LogP contribution in [0.25, 0.3) is 0 Å². The molecule has 6 saturated heterocycles. The lowest BCUT2D eigenvalue weighted by molar-refractivity contribution is -0.946. The number of ether oxygens (including phenoxy) is 1. The van der Waals surface area contributed by atoms with Crippen molar-refractivity contribution < 1.29 is 57.9 Å². The zero-order chi connectivity index (χ0) is 41.7. The molecule has 0 aromatic heterocycles. The van der Waals surface area contributed by atoms with Gasteiger partial charge in [0.1, 0.15) is 30.1 Å². The summed E-state index contributed by atoms with van der Waals surface area (Å²) < 4.78 is 10.5. The van der Waals surface area contributed by atoms with Crippen molar-refractivity contribution in [3.63, 3.8) is 0 Å². The summed E-state index contributed by atoms with van der Waals surface area (Å²) in [5, 5.41) is 24.8. The van der Waals surface area contributed by atoms with Crippen molar-refractivity contribution in [1.29, 1.82) is 0 Å². The molecule has 5 aromatic rings. The second-order valence-corrected chi connectivity index (χ2v) is 20.0. The highest BCUT2D eigenvalue weighted by atomic mass is 79.9. The maximum atomic E-state index is 12.5. The van der Waals surface area contributed by atoms with Crippen molar-refractivity contribution in [2.45, 2.75) is 62.6 Å². The lowest BCUT2D eigenvalue weighted by atomic mass is 9.56. The Balaban J connectivity index is 0.000000204. The minimum atomic E-state index is -0.967. The SMILES string of the molecule is C=CCCC[N+]12CCC(C(O)(c3ccccc3)c3ccccc3)(CC1)CC2.OC(c1ccccc1)(c1ccccc1)C12CC[N+](CCOc3ccc(Br)cc3Br)(CC1)CC2.[Br-].[Br-]. The Kier molecular flexibility index (Phi) is 16.3. The van der Waals surface area contributed by atoms with E-state index in [1.165, 1.54) is 37.1 Å². The molecule has 330 valence electrons. The summed E-state index contributed by atoms with van der Waals surface area (Å²) in [7, 11) is 0. The Morgan fingerprint density at radius 1 is 0.548 bits per heavy atom. The van der Waals surface area contributed by atoms with Gasteiger partial charge in [-0.25, -0.2) is 0 Å². The molecule has 0 saturated carbocycles. The summed E-state index contributed by atoms with van der Waals surface area (Å²) >= 11 is 7.09. The molecule has 0 atom stereocenters. The van der Waals surface area contributed by atoms with Crippen LogP contribution in [0.2, 0.25) is 0 Å². The summed E-state index contributed by atoms with van der Waals surface area (Å²) in [6.45, 7) is 13.7. The van der Waals surface area contributed by atoms with E-state index in [1.807, 2.05) is 72.8 Å². The fourth-order valence-electron chi connectivity index (χ4n) is 11.7. The van der Waals surface area contributed by atoms with E-state index in [0.717, 1.165) is 113 Å². The first-order valence-corrected chi connectivity index (χ1v) is 23.8. The fraction of sp³-hybridized carbons (Fsp3) is 0.396. The molecule has 62 heavy (non-hydrogen) atoms. The van der Waals surface area contributed by atoms with Crippen molar-refractivity contribution in [1.82, 2.24) is 0 Å². The molecule has 0 spiro atoms. The largest absolute Gasteiger partial charge is 1.00 e. The first-order valence-electron chi connectivity index (χ1n) is 22.2. The van der Waals surface area contributed by atoms with E-state index in [0.29, 0.717) is 6.61 Å². The highest BCUT2D eigenvalue weighted by Gasteiger charge is 2.61. The van der Waals surface area contributed by atoms with Crippen LogP contribution in [-0.4, -0.2) is 78.1 Å². The Hall–Kier alpha value is -2.60. The van der Waals surface area contributed by atoms with Crippen LogP contribution in [0.4, 0.5) is 0 Å². The topological polar surface area (TPSA) is 49.7 Å². The first-order chi connectivity index (χ1) is 29.1. The van der Waals surface area contributed by atoms with Gasteiger partial charge in [-0.1, -0.05) is 143 Å². The molecule has 4 bridgehead atoms. The predicted octanol–water partition coefficient (Wildman–Crippen LogP) is 5.42. The van der Waals surface area contributed by atoms with Gasteiger partial charge in [0.05, 0.1) is 50.3 Å². The number of nitrogens with zero attached hydrogens (tertiary/aromatic N) is 2. The maximum Gasteiger partial charge on any atom is 0.137 e. The molecule has 0 aliphatic carbocycles. The second kappa shape index (κ2) is 20.7. The zero-order valence-corrected chi connectivity index (χ0v) is 42.1. The Morgan fingerprint density at radius 3 is 1.24 bits per heavy atom. The molecule has 0 radical (unpaired) electrons. The molecule has 6 heterocycles. The molecule has 6 fully saturated rings. The lowest BCUT2D eigenvalue weighted by Crippen LogP contribution is -3.00. The normalized spacial score (nSPS) is 25.0. The molecule has 6 aliphatic rings. The van der Waals surface area contributed by atoms with Crippen LogP contribution in [0.15, 0.2) is 161 Å². The lowest BCUT2D eigenvalue weighted by Gasteiger charge is -2.60. The van der Waals surface area contributed by atoms with Gasteiger partial charge >= 0.3 is 0 Å². The summed E-state index contributed by atoms with van der Waals surface area (Å²) in [6, 6.07) is 47.4. The third-order valence-corrected chi connectivity index (χ3v) is 16.6. The van der Waals surface area contributed by atoms with E-state index in [4.69, 9.17) is 4.74 Å². The Bertz CT molecular complexity index is 2060. The number of unbranched alkanes of at least 4 members (excludes halogenated alkanes) is 1. The molecular formula is C53H62Br4N2O3. The van der Waals surface area contributed by atoms with Crippen LogP contribution in [0.5, 0.6) is 5.75 Å². The minimum Gasteiger partial charge on any atom is -1.00 e. The van der Waals surface area contributed by atoms with Gasteiger partial charge in [0.2, 0.25) is 0 Å². The van der Waals surface area contributed by atoms with E-state index in [2.05, 4.69) is 111 Å². The monoisotopic (exact) mass is 1090 g/mol. The van der Waals surface area contributed by atoms with Crippen molar-refractivity contribution in [2.75, 3.05) is 59.0 Å². The van der Waals surface area contributed by atoms with Crippen molar-refractivity contribution in [2.24, 2.45) is 10.8 Å². The Morgan fingerprint density at radius 2 is 0.903 bits per heavy atom. The predicted molar refractivity (Wildman–Crippen MR) is 251 cm³/mol. The molecular weight excluding hydrogens is 1030 g/mol. The van der Waals surface area contributed by atoms with E-state index in [1.54, 1.807) is 0 Å².